The molecule has 1 N–H and O–H groups in total. The molecule has 1 aromatic rings. The van der Waals surface area contributed by atoms with Crippen LogP contribution in [0.1, 0.15) is 28.4 Å². The summed E-state index contributed by atoms with van der Waals surface area (Å²) in [4.78, 5) is 12.1. The van der Waals surface area contributed by atoms with Crippen molar-refractivity contribution in [1.29, 1.82) is 0 Å². The first-order valence-corrected chi connectivity index (χ1v) is 10.1. The number of nitrogens with one attached hydrogen (secondary N) is 1. The number of hydrogen-bond acceptors (Lipinski definition) is 4. The maximum absolute atomic E-state index is 12.1. The van der Waals surface area contributed by atoms with Crippen LogP contribution < -0.4 is 5.32 Å². The zero-order valence-corrected chi connectivity index (χ0v) is 14.7. The lowest BCUT2D eigenvalue weighted by molar-refractivity contribution is 0.0953. The number of amides is 1. The van der Waals surface area contributed by atoms with Gasteiger partial charge in [-0.25, -0.2) is 8.42 Å². The summed E-state index contributed by atoms with van der Waals surface area (Å²) < 4.78 is 34.2. The summed E-state index contributed by atoms with van der Waals surface area (Å²) in [6.07, 6.45) is 1.56. The highest BCUT2D eigenvalue weighted by molar-refractivity contribution is 8.13. The van der Waals surface area contributed by atoms with Gasteiger partial charge in [0.2, 0.25) is 0 Å². The highest BCUT2D eigenvalue weighted by Crippen LogP contribution is 2.23. The molecule has 0 fully saturated rings. The molecule has 0 heterocycles. The molecule has 8 heteroatoms. The Morgan fingerprint density at radius 1 is 1.33 bits per heavy atom. The van der Waals surface area contributed by atoms with E-state index < -0.39 is 25.8 Å². The van der Waals surface area contributed by atoms with Gasteiger partial charge in [0, 0.05) is 45.1 Å². The molecule has 2 atom stereocenters. The molecule has 1 aromatic carbocycles. The Balaban J connectivity index is 3.08. The van der Waals surface area contributed by atoms with Gasteiger partial charge in [0.05, 0.1) is 4.90 Å². The smallest absolute Gasteiger partial charge is 0.261 e. The SMILES string of the molecule is Cc1cc(C)c(S(=O)(=O)Cl)cc1C(=O)NCC(C)S(C)=O. The predicted molar refractivity (Wildman–Crippen MR) is 84.8 cm³/mol. The molecular weight excluding hydrogens is 334 g/mol. The van der Waals surface area contributed by atoms with Crippen molar-refractivity contribution >= 4 is 36.4 Å². The van der Waals surface area contributed by atoms with E-state index in [9.17, 15) is 17.4 Å². The van der Waals surface area contributed by atoms with Crippen molar-refractivity contribution in [1.82, 2.24) is 5.32 Å². The monoisotopic (exact) mass is 351 g/mol. The van der Waals surface area contributed by atoms with Crippen LogP contribution in [-0.2, 0) is 19.9 Å². The highest BCUT2D eigenvalue weighted by Gasteiger charge is 2.19. The zero-order chi connectivity index (χ0) is 16.4. The standard InChI is InChI=1S/C13H18ClNO4S2/c1-8-5-9(2)12(21(14,18)19)6-11(8)13(16)15-7-10(3)20(4)17/h5-6,10H,7H2,1-4H3,(H,15,16). The number of benzene rings is 1. The summed E-state index contributed by atoms with van der Waals surface area (Å²) in [5.74, 6) is -0.411. The molecule has 0 aliphatic rings. The maximum Gasteiger partial charge on any atom is 0.261 e. The number of rotatable bonds is 5. The fourth-order valence-electron chi connectivity index (χ4n) is 1.79. The van der Waals surface area contributed by atoms with E-state index in [1.165, 1.54) is 6.07 Å². The van der Waals surface area contributed by atoms with E-state index in [0.717, 1.165) is 0 Å². The number of carbonyl (C=O) groups excluding carboxylic acids is 1. The quantitative estimate of drug-likeness (QED) is 0.819. The molecule has 0 aliphatic heterocycles. The van der Waals surface area contributed by atoms with E-state index >= 15 is 0 Å². The second kappa shape index (κ2) is 6.89. The van der Waals surface area contributed by atoms with Crippen LogP contribution in [0, 0.1) is 13.8 Å². The topological polar surface area (TPSA) is 80.3 Å². The third-order valence-corrected chi connectivity index (χ3v) is 5.91. The molecule has 1 rings (SSSR count). The van der Waals surface area contributed by atoms with Gasteiger partial charge in [0.1, 0.15) is 0 Å². The lowest BCUT2D eigenvalue weighted by Crippen LogP contribution is -2.33. The van der Waals surface area contributed by atoms with Crippen LogP contribution in [0.4, 0.5) is 0 Å². The van der Waals surface area contributed by atoms with Gasteiger partial charge in [-0.2, -0.15) is 0 Å². The van der Waals surface area contributed by atoms with Gasteiger partial charge < -0.3 is 5.32 Å². The van der Waals surface area contributed by atoms with Gasteiger partial charge in [-0.1, -0.05) is 6.07 Å². The first-order chi connectivity index (χ1) is 9.54. The van der Waals surface area contributed by atoms with Gasteiger partial charge >= 0.3 is 0 Å². The fraction of sp³-hybridized carbons (Fsp3) is 0.462. The number of aryl methyl sites for hydroxylation is 2. The van der Waals surface area contributed by atoms with Crippen LogP contribution in [0.5, 0.6) is 0 Å². The summed E-state index contributed by atoms with van der Waals surface area (Å²) in [6, 6.07) is 2.88. The van der Waals surface area contributed by atoms with E-state index in [0.29, 0.717) is 11.1 Å². The summed E-state index contributed by atoms with van der Waals surface area (Å²) in [6.45, 7) is 5.34. The lowest BCUT2D eigenvalue weighted by atomic mass is 10.1. The molecular formula is C13H18ClNO4S2. The Bertz CT molecular complexity index is 686. The molecule has 0 bridgehead atoms. The Kier molecular flexibility index (Phi) is 5.95. The van der Waals surface area contributed by atoms with Crippen LogP contribution in [-0.4, -0.2) is 36.6 Å². The number of carbonyl (C=O) groups is 1. The summed E-state index contributed by atoms with van der Waals surface area (Å²) in [5, 5.41) is 2.46. The molecule has 0 saturated carbocycles. The van der Waals surface area contributed by atoms with Gasteiger partial charge in [-0.05, 0) is 38.0 Å². The van der Waals surface area contributed by atoms with Crippen molar-refractivity contribution in [2.75, 3.05) is 12.8 Å². The largest absolute Gasteiger partial charge is 0.351 e. The zero-order valence-electron chi connectivity index (χ0n) is 12.3. The van der Waals surface area contributed by atoms with Crippen molar-refractivity contribution in [3.05, 3.63) is 28.8 Å². The minimum Gasteiger partial charge on any atom is -0.351 e. The van der Waals surface area contributed by atoms with Gasteiger partial charge in [-0.15, -0.1) is 0 Å². The van der Waals surface area contributed by atoms with Crippen molar-refractivity contribution in [2.45, 2.75) is 30.9 Å². The second-order valence-electron chi connectivity index (χ2n) is 4.89. The van der Waals surface area contributed by atoms with Crippen LogP contribution >= 0.6 is 10.7 Å². The minimum atomic E-state index is -3.91. The second-order valence-corrected chi connectivity index (χ2v) is 9.23. The molecule has 0 aliphatic carbocycles. The van der Waals surface area contributed by atoms with Crippen LogP contribution in [0.3, 0.4) is 0 Å². The Morgan fingerprint density at radius 3 is 2.38 bits per heavy atom. The van der Waals surface area contributed by atoms with E-state index in [2.05, 4.69) is 5.32 Å². The van der Waals surface area contributed by atoms with E-state index in [1.54, 1.807) is 33.1 Å². The van der Waals surface area contributed by atoms with Gasteiger partial charge in [0.25, 0.3) is 15.0 Å². The molecule has 21 heavy (non-hydrogen) atoms. The lowest BCUT2D eigenvalue weighted by Gasteiger charge is -2.13. The molecule has 5 nitrogen and oxygen atoms in total. The van der Waals surface area contributed by atoms with Gasteiger partial charge in [-0.3, -0.25) is 9.00 Å². The highest BCUT2D eigenvalue weighted by atomic mass is 35.7. The van der Waals surface area contributed by atoms with E-state index in [1.807, 2.05) is 0 Å². The average molecular weight is 352 g/mol. The first-order valence-electron chi connectivity index (χ1n) is 6.20. The molecule has 1 amide bonds. The molecule has 0 radical (unpaired) electrons. The van der Waals surface area contributed by atoms with Crippen molar-refractivity contribution < 1.29 is 17.4 Å². The third-order valence-electron chi connectivity index (χ3n) is 3.15. The summed E-state index contributed by atoms with van der Waals surface area (Å²) in [7, 11) is 0.412. The van der Waals surface area contributed by atoms with Gasteiger partial charge in [0.15, 0.2) is 0 Å². The van der Waals surface area contributed by atoms with E-state index in [4.69, 9.17) is 10.7 Å². The summed E-state index contributed by atoms with van der Waals surface area (Å²) >= 11 is 0. The molecule has 118 valence electrons. The van der Waals surface area contributed by atoms with Crippen molar-refractivity contribution in [3.63, 3.8) is 0 Å². The minimum absolute atomic E-state index is 0.0768. The Hall–Kier alpha value is -0.920. The third kappa shape index (κ3) is 4.79. The van der Waals surface area contributed by atoms with Crippen molar-refractivity contribution in [2.24, 2.45) is 0 Å². The van der Waals surface area contributed by atoms with Crippen LogP contribution in [0.2, 0.25) is 0 Å². The van der Waals surface area contributed by atoms with Crippen LogP contribution in [0.25, 0.3) is 0 Å². The Labute approximate surface area is 132 Å². The van der Waals surface area contributed by atoms with Crippen LogP contribution in [0.15, 0.2) is 17.0 Å². The average Bonchev–Trinajstić information content (AvgIpc) is 2.33. The normalized spacial score (nSPS) is 14.5. The maximum atomic E-state index is 12.1. The molecule has 0 saturated heterocycles. The number of halogens is 1. The predicted octanol–water partition coefficient (Wildman–Crippen LogP) is 1.73. The van der Waals surface area contributed by atoms with Crippen molar-refractivity contribution in [3.8, 4) is 0 Å². The molecule has 0 spiro atoms. The van der Waals surface area contributed by atoms with E-state index in [-0.39, 0.29) is 22.3 Å². The molecule has 2 unspecified atom stereocenters. The number of hydrogen-bond donors (Lipinski definition) is 1. The first kappa shape index (κ1) is 18.1. The fourth-order valence-corrected chi connectivity index (χ4v) is 3.31. The molecule has 0 aromatic heterocycles. The Morgan fingerprint density at radius 2 is 1.90 bits per heavy atom. The summed E-state index contributed by atoms with van der Waals surface area (Å²) in [5.41, 5.74) is 1.38.